The van der Waals surface area contributed by atoms with E-state index in [4.69, 9.17) is 5.73 Å². The number of nitrogens with one attached hydrogen (secondary N) is 2. The van der Waals surface area contributed by atoms with E-state index < -0.39 is 40.0 Å². The van der Waals surface area contributed by atoms with Crippen LogP contribution in [0.25, 0.3) is 0 Å². The molecule has 3 amide bonds. The maximum atomic E-state index is 13.6. The van der Waals surface area contributed by atoms with Gasteiger partial charge in [-0.1, -0.05) is 30.3 Å². The van der Waals surface area contributed by atoms with Gasteiger partial charge in [-0.15, -0.1) is 11.3 Å². The molecule has 3 rings (SSSR count). The smallest absolute Gasteiger partial charge is 0.280 e. The number of carbonyl (C=O) groups excluding carboxylic acids is 3. The number of primary amides is 1. The molecule has 4 N–H and O–H groups in total. The first kappa shape index (κ1) is 23.8. The normalized spacial score (nSPS) is 16.7. The van der Waals surface area contributed by atoms with E-state index in [0.717, 1.165) is 20.5 Å². The van der Waals surface area contributed by atoms with Crippen LogP contribution >= 0.6 is 11.3 Å². The fraction of sp³-hybridized carbons (Fsp3) is 0.368. The Morgan fingerprint density at radius 1 is 1.34 bits per heavy atom. The van der Waals surface area contributed by atoms with E-state index in [9.17, 15) is 22.8 Å². The zero-order valence-corrected chi connectivity index (χ0v) is 18.9. The highest BCUT2D eigenvalue weighted by atomic mass is 32.2. The number of nitrogens with zero attached hydrogens (tertiary/aromatic N) is 3. The fourth-order valence-corrected chi connectivity index (χ4v) is 5.24. The number of piperazine rings is 1. The van der Waals surface area contributed by atoms with Crippen LogP contribution in [-0.2, 0) is 31.0 Å². The van der Waals surface area contributed by atoms with Gasteiger partial charge in [0.25, 0.3) is 10.2 Å². The van der Waals surface area contributed by atoms with Crippen LogP contribution in [0.4, 0.5) is 5.00 Å². The summed E-state index contributed by atoms with van der Waals surface area (Å²) in [6.07, 6.45) is 1.44. The van der Waals surface area contributed by atoms with Crippen molar-refractivity contribution in [2.75, 3.05) is 24.5 Å². The molecule has 1 saturated heterocycles. The first-order valence-electron chi connectivity index (χ1n) is 9.78. The summed E-state index contributed by atoms with van der Waals surface area (Å²) in [5.74, 6) is -1.84. The van der Waals surface area contributed by atoms with E-state index in [0.29, 0.717) is 10.6 Å². The molecular weight excluding hydrogens is 456 g/mol. The van der Waals surface area contributed by atoms with Gasteiger partial charge >= 0.3 is 0 Å². The zero-order chi connectivity index (χ0) is 23.3. The number of aromatic nitrogens is 1. The number of hydrogen-bond donors (Lipinski definition) is 3. The summed E-state index contributed by atoms with van der Waals surface area (Å²) >= 11 is 1.12. The van der Waals surface area contributed by atoms with Crippen molar-refractivity contribution < 1.29 is 22.8 Å². The van der Waals surface area contributed by atoms with Gasteiger partial charge in [-0.25, -0.2) is 0 Å². The SMILES string of the molecule is C[C@@H](C(N)=O)N(C(=O)[C@H](Cc1ccccc1)NS(=O)(=O)N1CCNC(=O)C1)c1cncs1. The molecule has 0 bridgehead atoms. The summed E-state index contributed by atoms with van der Waals surface area (Å²) in [6.45, 7) is 1.35. The molecule has 32 heavy (non-hydrogen) atoms. The van der Waals surface area contributed by atoms with Gasteiger partial charge in [0.05, 0.1) is 18.3 Å². The average Bonchev–Trinajstić information content (AvgIpc) is 3.28. The molecule has 0 spiro atoms. The number of hydrogen-bond acceptors (Lipinski definition) is 7. The molecule has 13 heteroatoms. The highest BCUT2D eigenvalue weighted by molar-refractivity contribution is 7.87. The van der Waals surface area contributed by atoms with Crippen molar-refractivity contribution in [1.82, 2.24) is 19.3 Å². The Bertz CT molecular complexity index is 1060. The van der Waals surface area contributed by atoms with E-state index in [2.05, 4.69) is 15.0 Å². The summed E-state index contributed by atoms with van der Waals surface area (Å²) in [5.41, 5.74) is 7.65. The Kier molecular flexibility index (Phi) is 7.56. The molecule has 2 atom stereocenters. The van der Waals surface area contributed by atoms with E-state index in [1.807, 2.05) is 0 Å². The summed E-state index contributed by atoms with van der Waals surface area (Å²) in [5, 5.41) is 2.92. The Labute approximate surface area is 189 Å². The minimum absolute atomic E-state index is 0.0275. The second kappa shape index (κ2) is 10.2. The van der Waals surface area contributed by atoms with E-state index in [1.54, 1.807) is 30.3 Å². The van der Waals surface area contributed by atoms with Crippen LogP contribution in [0.15, 0.2) is 42.0 Å². The largest absolute Gasteiger partial charge is 0.368 e. The Morgan fingerprint density at radius 3 is 2.66 bits per heavy atom. The van der Waals surface area contributed by atoms with Gasteiger partial charge in [0.1, 0.15) is 17.1 Å². The molecule has 2 aromatic rings. The lowest BCUT2D eigenvalue weighted by molar-refractivity contribution is -0.125. The van der Waals surface area contributed by atoms with Crippen LogP contribution in [0, 0.1) is 0 Å². The Morgan fingerprint density at radius 2 is 2.06 bits per heavy atom. The van der Waals surface area contributed by atoms with Crippen LogP contribution in [0.5, 0.6) is 0 Å². The van der Waals surface area contributed by atoms with Gasteiger partial charge in [-0.05, 0) is 18.9 Å². The third-order valence-electron chi connectivity index (χ3n) is 4.91. The number of amides is 3. The van der Waals surface area contributed by atoms with E-state index >= 15 is 0 Å². The van der Waals surface area contributed by atoms with Gasteiger partial charge in [0.15, 0.2) is 0 Å². The standard InChI is InChI=1S/C19H24N6O5S2/c1-13(18(20)27)25(17-10-21-12-31-17)19(28)15(9-14-5-3-2-4-6-14)23-32(29,30)24-8-7-22-16(26)11-24/h2-6,10,12-13,15,23H,7-9,11H2,1H3,(H2,20,27)(H,22,26)/t13-,15-/m0/s1. The van der Waals surface area contributed by atoms with Crippen molar-refractivity contribution in [3.05, 3.63) is 47.6 Å². The molecule has 0 radical (unpaired) electrons. The van der Waals surface area contributed by atoms with Gasteiger partial charge < -0.3 is 11.1 Å². The predicted octanol–water partition coefficient (Wildman–Crippen LogP) is -0.773. The molecule has 1 fully saturated rings. The molecule has 2 heterocycles. The molecule has 1 aromatic carbocycles. The number of thiazole rings is 1. The molecule has 0 saturated carbocycles. The zero-order valence-electron chi connectivity index (χ0n) is 17.3. The highest BCUT2D eigenvalue weighted by Crippen LogP contribution is 2.24. The minimum atomic E-state index is -4.18. The van der Waals surface area contributed by atoms with Crippen molar-refractivity contribution >= 4 is 44.3 Å². The van der Waals surface area contributed by atoms with Gasteiger partial charge in [-0.2, -0.15) is 17.4 Å². The molecule has 11 nitrogen and oxygen atoms in total. The maximum Gasteiger partial charge on any atom is 0.280 e. The van der Waals surface area contributed by atoms with Crippen LogP contribution in [0.3, 0.4) is 0 Å². The molecular formula is C19H24N6O5S2. The number of carbonyl (C=O) groups is 3. The highest BCUT2D eigenvalue weighted by Gasteiger charge is 2.37. The van der Waals surface area contributed by atoms with Crippen molar-refractivity contribution in [2.24, 2.45) is 5.73 Å². The third kappa shape index (κ3) is 5.68. The average molecular weight is 481 g/mol. The second-order valence-corrected chi connectivity index (χ2v) is 9.74. The fourth-order valence-electron chi connectivity index (χ4n) is 3.22. The summed E-state index contributed by atoms with van der Waals surface area (Å²) in [4.78, 5) is 42.3. The predicted molar refractivity (Wildman–Crippen MR) is 119 cm³/mol. The van der Waals surface area contributed by atoms with Gasteiger partial charge in [0, 0.05) is 13.1 Å². The Balaban J connectivity index is 1.94. The van der Waals surface area contributed by atoms with Crippen molar-refractivity contribution in [3.8, 4) is 0 Å². The number of rotatable bonds is 9. The lowest BCUT2D eigenvalue weighted by Crippen LogP contribution is -2.59. The first-order chi connectivity index (χ1) is 15.2. The van der Waals surface area contributed by atoms with Crippen LogP contribution < -0.4 is 20.7 Å². The van der Waals surface area contributed by atoms with Crippen LogP contribution in [0.1, 0.15) is 12.5 Å². The molecule has 1 aromatic heterocycles. The molecule has 1 aliphatic rings. The van der Waals surface area contributed by atoms with Gasteiger partial charge in [0.2, 0.25) is 17.7 Å². The molecule has 0 aliphatic carbocycles. The van der Waals surface area contributed by atoms with Crippen LogP contribution in [0.2, 0.25) is 0 Å². The topological polar surface area (TPSA) is 155 Å². The van der Waals surface area contributed by atoms with E-state index in [-0.39, 0.29) is 26.1 Å². The van der Waals surface area contributed by atoms with Gasteiger partial charge in [-0.3, -0.25) is 24.3 Å². The monoisotopic (exact) mass is 480 g/mol. The number of anilines is 1. The minimum Gasteiger partial charge on any atom is -0.368 e. The molecule has 172 valence electrons. The second-order valence-electron chi connectivity index (χ2n) is 7.17. The quantitative estimate of drug-likeness (QED) is 0.428. The van der Waals surface area contributed by atoms with E-state index in [1.165, 1.54) is 18.6 Å². The van der Waals surface area contributed by atoms with Crippen molar-refractivity contribution in [3.63, 3.8) is 0 Å². The number of nitrogens with two attached hydrogens (primary N) is 1. The van der Waals surface area contributed by atoms with Crippen LogP contribution in [-0.4, -0.2) is 67.1 Å². The summed E-state index contributed by atoms with van der Waals surface area (Å²) in [7, 11) is -4.18. The Hall–Kier alpha value is -2.87. The number of benzene rings is 1. The summed E-state index contributed by atoms with van der Waals surface area (Å²) < 4.78 is 29.4. The molecule has 0 unspecified atom stereocenters. The van der Waals surface area contributed by atoms with Crippen molar-refractivity contribution in [1.29, 1.82) is 0 Å². The lowest BCUT2D eigenvalue weighted by Gasteiger charge is -2.32. The third-order valence-corrected chi connectivity index (χ3v) is 7.25. The molecule has 1 aliphatic heterocycles. The maximum absolute atomic E-state index is 13.6. The van der Waals surface area contributed by atoms with Crippen molar-refractivity contribution in [2.45, 2.75) is 25.4 Å². The summed E-state index contributed by atoms with van der Waals surface area (Å²) in [6, 6.07) is 6.58. The lowest BCUT2D eigenvalue weighted by atomic mass is 10.0. The first-order valence-corrected chi connectivity index (χ1v) is 12.1.